The van der Waals surface area contributed by atoms with Gasteiger partial charge in [0.2, 0.25) is 0 Å². The van der Waals surface area contributed by atoms with Crippen LogP contribution in [0.25, 0.3) is 5.69 Å². The molecule has 0 saturated carbocycles. The number of aromatic hydroxyl groups is 1. The molecule has 5 heteroatoms. The smallest absolute Gasteiger partial charge is 0.160 e. The lowest BCUT2D eigenvalue weighted by atomic mass is 9.81. The summed E-state index contributed by atoms with van der Waals surface area (Å²) in [4.78, 5) is 12.5. The first-order chi connectivity index (χ1) is 13.1. The Morgan fingerprint density at radius 1 is 1.22 bits per heavy atom. The van der Waals surface area contributed by atoms with Crippen LogP contribution in [-0.4, -0.2) is 27.8 Å². The molecule has 0 amide bonds. The van der Waals surface area contributed by atoms with E-state index in [1.54, 1.807) is 12.1 Å². The highest BCUT2D eigenvalue weighted by Gasteiger charge is 2.30. The molecule has 4 rings (SSSR count). The van der Waals surface area contributed by atoms with Crippen molar-refractivity contribution < 1.29 is 14.6 Å². The van der Waals surface area contributed by atoms with Crippen molar-refractivity contribution in [2.75, 3.05) is 7.11 Å². The van der Waals surface area contributed by atoms with Crippen molar-refractivity contribution in [2.45, 2.75) is 32.1 Å². The molecule has 1 aliphatic carbocycles. The number of phenolic OH excluding ortho intramolecular Hbond substituents is 1. The molecule has 0 aliphatic heterocycles. The number of nitrogens with zero attached hydrogens (tertiary/aromatic N) is 2. The molecule has 1 aliphatic rings. The van der Waals surface area contributed by atoms with Crippen LogP contribution in [0.1, 0.15) is 41.6 Å². The summed E-state index contributed by atoms with van der Waals surface area (Å²) in [6.45, 7) is 2.12. The number of phenols is 1. The molecule has 1 unspecified atom stereocenters. The Morgan fingerprint density at radius 2 is 2.00 bits per heavy atom. The maximum absolute atomic E-state index is 12.5. The average Bonchev–Trinajstić information content (AvgIpc) is 3.11. The molecule has 27 heavy (non-hydrogen) atoms. The molecule has 138 valence electrons. The Hall–Kier alpha value is -3.08. The number of hydrogen-bond acceptors (Lipinski definition) is 4. The van der Waals surface area contributed by atoms with E-state index < -0.39 is 0 Å². The second kappa shape index (κ2) is 6.91. The lowest BCUT2D eigenvalue weighted by Gasteiger charge is -2.23. The summed E-state index contributed by atoms with van der Waals surface area (Å²) < 4.78 is 6.99. The number of Topliss-reactive ketones (excluding diaryl/α,β-unsaturated/α-hetero) is 1. The SMILES string of the molecule is CCc1ccc(-n2ncc3c2CC(=O)CC3c2ccc(OC)c(O)c2)cc1. The van der Waals surface area contributed by atoms with Crippen molar-refractivity contribution >= 4 is 5.78 Å². The van der Waals surface area contributed by atoms with E-state index in [0.29, 0.717) is 18.6 Å². The molecule has 0 bridgehead atoms. The first kappa shape index (κ1) is 17.3. The monoisotopic (exact) mass is 362 g/mol. The van der Waals surface area contributed by atoms with Gasteiger partial charge in [-0.3, -0.25) is 4.79 Å². The fourth-order valence-corrected chi connectivity index (χ4v) is 3.77. The molecule has 1 heterocycles. The summed E-state index contributed by atoms with van der Waals surface area (Å²) >= 11 is 0. The number of aromatic nitrogens is 2. The zero-order valence-electron chi connectivity index (χ0n) is 15.5. The number of aryl methyl sites for hydroxylation is 1. The lowest BCUT2D eigenvalue weighted by molar-refractivity contribution is -0.119. The molecule has 1 aromatic heterocycles. The molecule has 0 saturated heterocycles. The quantitative estimate of drug-likeness (QED) is 0.767. The minimum absolute atomic E-state index is 0.0807. The van der Waals surface area contributed by atoms with E-state index in [4.69, 9.17) is 4.74 Å². The van der Waals surface area contributed by atoms with Crippen molar-refractivity contribution in [2.24, 2.45) is 0 Å². The third-order valence-electron chi connectivity index (χ3n) is 5.27. The van der Waals surface area contributed by atoms with Crippen LogP contribution in [0, 0.1) is 0 Å². The average molecular weight is 362 g/mol. The van der Waals surface area contributed by atoms with Crippen LogP contribution in [0.4, 0.5) is 0 Å². The largest absolute Gasteiger partial charge is 0.504 e. The molecule has 0 fully saturated rings. The van der Waals surface area contributed by atoms with Gasteiger partial charge in [-0.25, -0.2) is 4.68 Å². The third kappa shape index (κ3) is 3.10. The highest BCUT2D eigenvalue weighted by molar-refractivity contribution is 5.84. The third-order valence-corrected chi connectivity index (χ3v) is 5.27. The fourth-order valence-electron chi connectivity index (χ4n) is 3.77. The van der Waals surface area contributed by atoms with Gasteiger partial charge in [-0.1, -0.05) is 25.1 Å². The highest BCUT2D eigenvalue weighted by atomic mass is 16.5. The number of methoxy groups -OCH3 is 1. The number of carbonyl (C=O) groups is 1. The van der Waals surface area contributed by atoms with Crippen LogP contribution in [0.3, 0.4) is 0 Å². The maximum Gasteiger partial charge on any atom is 0.160 e. The van der Waals surface area contributed by atoms with Gasteiger partial charge in [-0.2, -0.15) is 5.10 Å². The molecule has 1 N–H and O–H groups in total. The van der Waals surface area contributed by atoms with Crippen molar-refractivity contribution in [3.63, 3.8) is 0 Å². The van der Waals surface area contributed by atoms with Gasteiger partial charge in [0.15, 0.2) is 11.5 Å². The number of benzene rings is 2. The normalized spacial score (nSPS) is 16.2. The Bertz CT molecular complexity index is 989. The number of ether oxygens (including phenoxy) is 1. The summed E-state index contributed by atoms with van der Waals surface area (Å²) in [6.07, 6.45) is 3.63. The van der Waals surface area contributed by atoms with Crippen LogP contribution in [0.15, 0.2) is 48.7 Å². The number of fused-ring (bicyclic) bond motifs is 1. The lowest BCUT2D eigenvalue weighted by Crippen LogP contribution is -2.20. The van der Waals surface area contributed by atoms with E-state index in [9.17, 15) is 9.90 Å². The molecular weight excluding hydrogens is 340 g/mol. The van der Waals surface area contributed by atoms with Gasteiger partial charge in [0.1, 0.15) is 5.78 Å². The van der Waals surface area contributed by atoms with Crippen molar-refractivity contribution in [1.29, 1.82) is 0 Å². The summed E-state index contributed by atoms with van der Waals surface area (Å²) in [5.74, 6) is 0.571. The summed E-state index contributed by atoms with van der Waals surface area (Å²) in [6, 6.07) is 13.6. The predicted molar refractivity (Wildman–Crippen MR) is 103 cm³/mol. The molecule has 5 nitrogen and oxygen atoms in total. The summed E-state index contributed by atoms with van der Waals surface area (Å²) in [5.41, 5.74) is 5.08. The summed E-state index contributed by atoms with van der Waals surface area (Å²) in [7, 11) is 1.52. The minimum atomic E-state index is -0.110. The number of ketones is 1. The summed E-state index contributed by atoms with van der Waals surface area (Å²) in [5, 5.41) is 14.7. The van der Waals surface area contributed by atoms with E-state index in [0.717, 1.165) is 28.9 Å². The highest BCUT2D eigenvalue weighted by Crippen LogP contribution is 2.39. The zero-order chi connectivity index (χ0) is 19.0. The van der Waals surface area contributed by atoms with Gasteiger partial charge in [-0.05, 0) is 41.8 Å². The molecule has 0 spiro atoms. The second-order valence-electron chi connectivity index (χ2n) is 6.88. The van der Waals surface area contributed by atoms with Crippen molar-refractivity contribution in [3.05, 3.63) is 71.0 Å². The predicted octanol–water partition coefficient (Wildman–Crippen LogP) is 3.80. The topological polar surface area (TPSA) is 64.4 Å². The van der Waals surface area contributed by atoms with E-state index in [1.807, 2.05) is 29.1 Å². The number of hydrogen-bond donors (Lipinski definition) is 1. The van der Waals surface area contributed by atoms with Crippen LogP contribution in [-0.2, 0) is 17.6 Å². The number of carbonyl (C=O) groups excluding carboxylic acids is 1. The van der Waals surface area contributed by atoms with Crippen molar-refractivity contribution in [3.8, 4) is 17.2 Å². The first-order valence-corrected chi connectivity index (χ1v) is 9.15. The standard InChI is InChI=1S/C22H22N2O3/c1-3-14-4-7-16(8-5-14)24-20-12-17(25)11-18(19(20)13-23-24)15-6-9-22(27-2)21(26)10-15/h4-10,13,18,26H,3,11-12H2,1-2H3. The molecular formula is C22H22N2O3. The minimum Gasteiger partial charge on any atom is -0.504 e. The van der Waals surface area contributed by atoms with Gasteiger partial charge in [-0.15, -0.1) is 0 Å². The van der Waals surface area contributed by atoms with E-state index >= 15 is 0 Å². The number of rotatable bonds is 4. The first-order valence-electron chi connectivity index (χ1n) is 9.15. The van der Waals surface area contributed by atoms with Crippen LogP contribution >= 0.6 is 0 Å². The van der Waals surface area contributed by atoms with E-state index in [-0.39, 0.29) is 17.5 Å². The Kier molecular flexibility index (Phi) is 4.44. The van der Waals surface area contributed by atoms with Crippen LogP contribution < -0.4 is 4.74 Å². The zero-order valence-corrected chi connectivity index (χ0v) is 15.5. The molecule has 2 aromatic carbocycles. The fraction of sp³-hybridized carbons (Fsp3) is 0.273. The second-order valence-corrected chi connectivity index (χ2v) is 6.88. The maximum atomic E-state index is 12.5. The molecule has 3 aromatic rings. The van der Waals surface area contributed by atoms with Gasteiger partial charge >= 0.3 is 0 Å². The molecule has 0 radical (unpaired) electrons. The van der Waals surface area contributed by atoms with E-state index in [1.165, 1.54) is 12.7 Å². The Morgan fingerprint density at radius 3 is 2.67 bits per heavy atom. The Labute approximate surface area is 158 Å². The van der Waals surface area contributed by atoms with Gasteiger partial charge < -0.3 is 9.84 Å². The van der Waals surface area contributed by atoms with Crippen LogP contribution in [0.2, 0.25) is 0 Å². The van der Waals surface area contributed by atoms with Gasteiger partial charge in [0.05, 0.1) is 24.7 Å². The molecule has 1 atom stereocenters. The van der Waals surface area contributed by atoms with Gasteiger partial charge in [0.25, 0.3) is 0 Å². The Balaban J connectivity index is 1.76. The van der Waals surface area contributed by atoms with E-state index in [2.05, 4.69) is 24.2 Å². The van der Waals surface area contributed by atoms with Crippen molar-refractivity contribution in [1.82, 2.24) is 9.78 Å². The van der Waals surface area contributed by atoms with Crippen LogP contribution in [0.5, 0.6) is 11.5 Å². The van der Waals surface area contributed by atoms with Gasteiger partial charge in [0, 0.05) is 24.3 Å².